The first-order valence-corrected chi connectivity index (χ1v) is 9.89. The fourth-order valence-electron chi connectivity index (χ4n) is 3.31. The predicted octanol–water partition coefficient (Wildman–Crippen LogP) is 4.79. The van der Waals surface area contributed by atoms with Crippen LogP contribution in [0.4, 0.5) is 13.2 Å². The standard InChI is InChI=1S/C22H14F3N3O2S/c23-22(24,25)20(29)19-7-6-18(31-19)13-2-1-3-14(21(26)30)15(13)10-12-4-5-16-17(11-12)28-9-8-27-16/h1-9,11H,10H2,(H2,26,30). The van der Waals surface area contributed by atoms with E-state index in [0.29, 0.717) is 33.5 Å². The fourth-order valence-corrected chi connectivity index (χ4v) is 4.32. The van der Waals surface area contributed by atoms with Crippen LogP contribution in [0.1, 0.15) is 31.2 Å². The minimum atomic E-state index is -4.95. The van der Waals surface area contributed by atoms with Crippen LogP contribution in [0.5, 0.6) is 0 Å². The summed E-state index contributed by atoms with van der Waals surface area (Å²) in [4.78, 5) is 32.1. The van der Waals surface area contributed by atoms with E-state index in [0.717, 1.165) is 23.0 Å². The molecule has 0 saturated heterocycles. The van der Waals surface area contributed by atoms with Crippen LogP contribution in [-0.4, -0.2) is 27.8 Å². The molecule has 5 nitrogen and oxygen atoms in total. The molecule has 0 aliphatic rings. The van der Waals surface area contributed by atoms with Crippen molar-refractivity contribution in [3.63, 3.8) is 0 Å². The maximum atomic E-state index is 12.8. The summed E-state index contributed by atoms with van der Waals surface area (Å²) >= 11 is 0.725. The number of halogens is 3. The molecule has 0 saturated carbocycles. The number of primary amides is 1. The zero-order valence-electron chi connectivity index (χ0n) is 15.8. The molecule has 156 valence electrons. The molecule has 1 amide bonds. The lowest BCUT2D eigenvalue weighted by Gasteiger charge is -2.13. The summed E-state index contributed by atoms with van der Waals surface area (Å²) in [6.07, 6.45) is -1.51. The highest BCUT2D eigenvalue weighted by atomic mass is 32.1. The Morgan fingerprint density at radius 1 is 0.968 bits per heavy atom. The van der Waals surface area contributed by atoms with Gasteiger partial charge in [-0.3, -0.25) is 19.6 Å². The lowest BCUT2D eigenvalue weighted by molar-refractivity contribution is -0.0882. The van der Waals surface area contributed by atoms with Crippen LogP contribution in [0.2, 0.25) is 0 Å². The van der Waals surface area contributed by atoms with Gasteiger partial charge in [0, 0.05) is 22.8 Å². The fraction of sp³-hybridized carbons (Fsp3) is 0.0909. The number of hydrogen-bond donors (Lipinski definition) is 1. The zero-order valence-corrected chi connectivity index (χ0v) is 16.6. The second-order valence-electron chi connectivity index (χ2n) is 6.74. The predicted molar refractivity (Wildman–Crippen MR) is 111 cm³/mol. The van der Waals surface area contributed by atoms with Gasteiger partial charge in [-0.25, -0.2) is 0 Å². The number of Topliss-reactive ketones (excluding diaryl/α,β-unsaturated/α-hetero) is 1. The van der Waals surface area contributed by atoms with Crippen molar-refractivity contribution in [2.45, 2.75) is 12.6 Å². The molecule has 0 bridgehead atoms. The second kappa shape index (κ2) is 7.92. The molecule has 0 aliphatic carbocycles. The molecule has 31 heavy (non-hydrogen) atoms. The summed E-state index contributed by atoms with van der Waals surface area (Å²) in [5, 5.41) is 0. The number of nitrogens with zero attached hydrogens (tertiary/aromatic N) is 2. The number of benzene rings is 2. The highest BCUT2D eigenvalue weighted by molar-refractivity contribution is 7.17. The number of ketones is 1. The number of rotatable bonds is 5. The van der Waals surface area contributed by atoms with E-state index in [2.05, 4.69) is 9.97 Å². The molecule has 0 spiro atoms. The molecule has 4 rings (SSSR count). The van der Waals surface area contributed by atoms with Gasteiger partial charge in [-0.2, -0.15) is 13.2 Å². The lowest BCUT2D eigenvalue weighted by atomic mass is 9.93. The van der Waals surface area contributed by atoms with E-state index in [9.17, 15) is 22.8 Å². The van der Waals surface area contributed by atoms with Crippen molar-refractivity contribution in [2.24, 2.45) is 5.73 Å². The Labute approximate surface area is 178 Å². The van der Waals surface area contributed by atoms with E-state index >= 15 is 0 Å². The van der Waals surface area contributed by atoms with Crippen molar-refractivity contribution in [2.75, 3.05) is 0 Å². The van der Waals surface area contributed by atoms with Gasteiger partial charge >= 0.3 is 6.18 Å². The van der Waals surface area contributed by atoms with Crippen molar-refractivity contribution in [3.8, 4) is 10.4 Å². The van der Waals surface area contributed by atoms with E-state index in [-0.39, 0.29) is 5.56 Å². The van der Waals surface area contributed by atoms with E-state index in [1.165, 1.54) is 6.07 Å². The van der Waals surface area contributed by atoms with Gasteiger partial charge in [-0.15, -0.1) is 11.3 Å². The van der Waals surface area contributed by atoms with Crippen LogP contribution >= 0.6 is 11.3 Å². The van der Waals surface area contributed by atoms with Crippen LogP contribution in [0.15, 0.2) is 60.9 Å². The Hall–Kier alpha value is -3.59. The Morgan fingerprint density at radius 3 is 2.42 bits per heavy atom. The molecule has 2 aromatic heterocycles. The third-order valence-corrected chi connectivity index (χ3v) is 5.83. The summed E-state index contributed by atoms with van der Waals surface area (Å²) in [6.45, 7) is 0. The van der Waals surface area contributed by atoms with E-state index in [4.69, 9.17) is 5.73 Å². The summed E-state index contributed by atoms with van der Waals surface area (Å²) < 4.78 is 38.4. The minimum Gasteiger partial charge on any atom is -0.366 e. The van der Waals surface area contributed by atoms with Crippen molar-refractivity contribution in [3.05, 3.63) is 82.5 Å². The zero-order chi connectivity index (χ0) is 22.2. The average Bonchev–Trinajstić information content (AvgIpc) is 3.22. The highest BCUT2D eigenvalue weighted by Gasteiger charge is 2.40. The summed E-state index contributed by atoms with van der Waals surface area (Å²) in [5.41, 5.74) is 9.13. The number of carbonyl (C=O) groups excluding carboxylic acids is 2. The summed E-state index contributed by atoms with van der Waals surface area (Å²) in [7, 11) is 0. The Morgan fingerprint density at radius 2 is 1.71 bits per heavy atom. The molecule has 2 N–H and O–H groups in total. The topological polar surface area (TPSA) is 85.9 Å². The van der Waals surface area contributed by atoms with Crippen LogP contribution < -0.4 is 5.73 Å². The van der Waals surface area contributed by atoms with Crippen LogP contribution in [0.25, 0.3) is 21.5 Å². The van der Waals surface area contributed by atoms with Gasteiger partial charge in [0.15, 0.2) is 0 Å². The third kappa shape index (κ3) is 4.17. The van der Waals surface area contributed by atoms with Gasteiger partial charge in [0.2, 0.25) is 5.91 Å². The molecule has 4 aromatic rings. The van der Waals surface area contributed by atoms with Crippen LogP contribution in [0, 0.1) is 0 Å². The number of carbonyl (C=O) groups is 2. The van der Waals surface area contributed by atoms with Gasteiger partial charge in [-0.05, 0) is 53.4 Å². The quantitative estimate of drug-likeness (QED) is 0.451. The third-order valence-electron chi connectivity index (χ3n) is 4.71. The molecular formula is C22H14F3N3O2S. The van der Waals surface area contributed by atoms with Crippen molar-refractivity contribution in [1.29, 1.82) is 0 Å². The van der Waals surface area contributed by atoms with Gasteiger partial charge in [0.25, 0.3) is 5.78 Å². The molecule has 0 aliphatic heterocycles. The molecule has 0 radical (unpaired) electrons. The Bertz CT molecular complexity index is 1310. The Balaban J connectivity index is 1.79. The summed E-state index contributed by atoms with van der Waals surface area (Å²) in [6, 6.07) is 12.9. The van der Waals surface area contributed by atoms with Gasteiger partial charge < -0.3 is 5.73 Å². The molecule has 0 fully saturated rings. The first-order chi connectivity index (χ1) is 14.7. The molecule has 0 unspecified atom stereocenters. The number of alkyl halides is 3. The van der Waals surface area contributed by atoms with Crippen LogP contribution in [-0.2, 0) is 6.42 Å². The molecule has 0 atom stereocenters. The Kier molecular flexibility index (Phi) is 5.28. The molecule has 2 aromatic carbocycles. The number of thiophene rings is 1. The van der Waals surface area contributed by atoms with Crippen molar-refractivity contribution >= 4 is 34.1 Å². The number of nitrogens with two attached hydrogens (primary N) is 1. The number of fused-ring (bicyclic) bond motifs is 1. The minimum absolute atomic E-state index is 0.258. The normalized spacial score (nSPS) is 11.6. The number of hydrogen-bond acceptors (Lipinski definition) is 5. The van der Waals surface area contributed by atoms with E-state index in [1.807, 2.05) is 12.1 Å². The van der Waals surface area contributed by atoms with Crippen molar-refractivity contribution < 1.29 is 22.8 Å². The average molecular weight is 441 g/mol. The van der Waals surface area contributed by atoms with E-state index < -0.39 is 22.7 Å². The monoisotopic (exact) mass is 441 g/mol. The highest BCUT2D eigenvalue weighted by Crippen LogP contribution is 2.36. The maximum Gasteiger partial charge on any atom is 0.455 e. The van der Waals surface area contributed by atoms with Gasteiger partial charge in [-0.1, -0.05) is 18.2 Å². The summed E-state index contributed by atoms with van der Waals surface area (Å²) in [5.74, 6) is -2.55. The molecular weight excluding hydrogens is 427 g/mol. The molecule has 2 heterocycles. The first-order valence-electron chi connectivity index (χ1n) is 9.07. The van der Waals surface area contributed by atoms with Crippen molar-refractivity contribution in [1.82, 2.24) is 9.97 Å². The molecule has 9 heteroatoms. The second-order valence-corrected chi connectivity index (χ2v) is 7.83. The van der Waals surface area contributed by atoms with Gasteiger partial charge in [0.1, 0.15) is 0 Å². The van der Waals surface area contributed by atoms with E-state index in [1.54, 1.807) is 36.7 Å². The number of amides is 1. The SMILES string of the molecule is NC(=O)c1cccc(-c2ccc(C(=O)C(F)(F)F)s2)c1Cc1ccc2nccnc2c1. The lowest BCUT2D eigenvalue weighted by Crippen LogP contribution is -2.21. The maximum absolute atomic E-state index is 12.8. The van der Waals surface area contributed by atoms with Gasteiger partial charge in [0.05, 0.1) is 15.9 Å². The smallest absolute Gasteiger partial charge is 0.366 e. The first kappa shape index (κ1) is 20.7. The largest absolute Gasteiger partial charge is 0.455 e. The number of aromatic nitrogens is 2. The van der Waals surface area contributed by atoms with Crippen LogP contribution in [0.3, 0.4) is 0 Å².